The molecule has 2 aromatic rings. The molecule has 0 atom stereocenters. The lowest BCUT2D eigenvalue weighted by molar-refractivity contribution is 0.372. The third kappa shape index (κ3) is 3.25. The van der Waals surface area contributed by atoms with E-state index in [0.29, 0.717) is 37.5 Å². The van der Waals surface area contributed by atoms with Gasteiger partial charge in [-0.15, -0.1) is 0 Å². The van der Waals surface area contributed by atoms with Gasteiger partial charge in [0.05, 0.1) is 11.6 Å². The number of ether oxygens (including phenoxy) is 1. The zero-order valence-electron chi connectivity index (χ0n) is 11.6. The smallest absolute Gasteiger partial charge is 0.172 e. The van der Waals surface area contributed by atoms with E-state index >= 15 is 0 Å². The zero-order valence-corrected chi connectivity index (χ0v) is 14.7. The van der Waals surface area contributed by atoms with E-state index in [0.717, 1.165) is 0 Å². The predicted molar refractivity (Wildman–Crippen MR) is 87.5 cm³/mol. The van der Waals surface area contributed by atoms with Gasteiger partial charge in [-0.05, 0) is 34.0 Å². The molecule has 112 valence electrons. The second kappa shape index (κ2) is 6.38. The number of phenols is 1. The molecule has 1 N–H and O–H groups in total. The van der Waals surface area contributed by atoms with E-state index in [-0.39, 0.29) is 11.7 Å². The molecule has 1 aromatic carbocycles. The quantitative estimate of drug-likeness (QED) is 0.743. The van der Waals surface area contributed by atoms with Crippen molar-refractivity contribution in [2.45, 2.75) is 19.8 Å². The van der Waals surface area contributed by atoms with E-state index < -0.39 is 0 Å². The van der Waals surface area contributed by atoms with Crippen molar-refractivity contribution in [1.82, 2.24) is 9.97 Å². The van der Waals surface area contributed by atoms with Crippen LogP contribution in [-0.4, -0.2) is 22.2 Å². The summed E-state index contributed by atoms with van der Waals surface area (Å²) in [6.07, 6.45) is 0. The summed E-state index contributed by atoms with van der Waals surface area (Å²) in [7, 11) is 1.47. The van der Waals surface area contributed by atoms with Crippen molar-refractivity contribution in [3.63, 3.8) is 0 Å². The zero-order chi connectivity index (χ0) is 15.7. The summed E-state index contributed by atoms with van der Waals surface area (Å²) in [5, 5.41) is 10.5. The SMILES string of the molecule is COc1cc(-c2nc(Cl)c(C(C)C)c(Cl)n2)cc(Br)c1O. The maximum Gasteiger partial charge on any atom is 0.172 e. The number of rotatable bonds is 3. The monoisotopic (exact) mass is 390 g/mol. The number of methoxy groups -OCH3 is 1. The molecule has 0 aliphatic carbocycles. The minimum Gasteiger partial charge on any atom is -0.503 e. The molecule has 0 radical (unpaired) electrons. The van der Waals surface area contributed by atoms with Gasteiger partial charge in [-0.3, -0.25) is 0 Å². The first-order chi connectivity index (χ1) is 9.85. The second-order valence-electron chi connectivity index (χ2n) is 4.71. The molecule has 0 bridgehead atoms. The van der Waals surface area contributed by atoms with Crippen molar-refractivity contribution in [1.29, 1.82) is 0 Å². The fourth-order valence-corrected chi connectivity index (χ4v) is 3.15. The molecule has 2 rings (SSSR count). The van der Waals surface area contributed by atoms with E-state index in [1.165, 1.54) is 7.11 Å². The van der Waals surface area contributed by atoms with Crippen molar-refractivity contribution in [2.24, 2.45) is 0 Å². The average molecular weight is 392 g/mol. The minimum absolute atomic E-state index is 0.0113. The van der Waals surface area contributed by atoms with E-state index in [9.17, 15) is 5.11 Å². The van der Waals surface area contributed by atoms with E-state index in [1.807, 2.05) is 13.8 Å². The topological polar surface area (TPSA) is 55.2 Å². The molecule has 1 aromatic heterocycles. The van der Waals surface area contributed by atoms with Gasteiger partial charge in [0.1, 0.15) is 10.3 Å². The summed E-state index contributed by atoms with van der Waals surface area (Å²) in [6.45, 7) is 3.94. The number of halogens is 3. The lowest BCUT2D eigenvalue weighted by atomic mass is 10.1. The van der Waals surface area contributed by atoms with Crippen molar-refractivity contribution in [3.05, 3.63) is 32.5 Å². The molecule has 0 saturated heterocycles. The first-order valence-electron chi connectivity index (χ1n) is 6.15. The van der Waals surface area contributed by atoms with Crippen molar-refractivity contribution < 1.29 is 9.84 Å². The highest BCUT2D eigenvalue weighted by molar-refractivity contribution is 9.10. The number of aromatic hydroxyl groups is 1. The lowest BCUT2D eigenvalue weighted by Crippen LogP contribution is -1.99. The number of hydrogen-bond donors (Lipinski definition) is 1. The van der Waals surface area contributed by atoms with Crippen LogP contribution in [0.15, 0.2) is 16.6 Å². The fraction of sp³-hybridized carbons (Fsp3) is 0.286. The first-order valence-corrected chi connectivity index (χ1v) is 7.69. The Morgan fingerprint density at radius 1 is 1.19 bits per heavy atom. The Morgan fingerprint density at radius 2 is 1.76 bits per heavy atom. The van der Waals surface area contributed by atoms with Gasteiger partial charge in [0.2, 0.25) is 0 Å². The molecule has 0 amide bonds. The van der Waals surface area contributed by atoms with Crippen LogP contribution in [0.2, 0.25) is 10.3 Å². The van der Waals surface area contributed by atoms with Gasteiger partial charge in [-0.2, -0.15) is 0 Å². The molecule has 0 saturated carbocycles. The first kappa shape index (κ1) is 16.3. The highest BCUT2D eigenvalue weighted by Crippen LogP contribution is 2.39. The summed E-state index contributed by atoms with van der Waals surface area (Å²) >= 11 is 15.7. The van der Waals surface area contributed by atoms with Gasteiger partial charge in [0, 0.05) is 11.1 Å². The number of aromatic nitrogens is 2. The van der Waals surface area contributed by atoms with Gasteiger partial charge in [-0.25, -0.2) is 9.97 Å². The number of nitrogens with zero attached hydrogens (tertiary/aromatic N) is 2. The van der Waals surface area contributed by atoms with Crippen molar-refractivity contribution >= 4 is 39.1 Å². The van der Waals surface area contributed by atoms with Gasteiger partial charge in [-0.1, -0.05) is 37.0 Å². The van der Waals surface area contributed by atoms with Gasteiger partial charge < -0.3 is 9.84 Å². The summed E-state index contributed by atoms with van der Waals surface area (Å²) in [5.74, 6) is 0.814. The van der Waals surface area contributed by atoms with Crippen molar-refractivity contribution in [2.75, 3.05) is 7.11 Å². The van der Waals surface area contributed by atoms with Crippen molar-refractivity contribution in [3.8, 4) is 22.9 Å². The molecule has 1 heterocycles. The minimum atomic E-state index is 0.0113. The lowest BCUT2D eigenvalue weighted by Gasteiger charge is -2.12. The molecule has 0 aliphatic rings. The van der Waals surface area contributed by atoms with Crippen LogP contribution >= 0.6 is 39.1 Å². The Bertz CT molecular complexity index is 670. The Labute approximate surface area is 141 Å². The normalized spacial score (nSPS) is 11.0. The Morgan fingerprint density at radius 3 is 2.24 bits per heavy atom. The van der Waals surface area contributed by atoms with Crippen LogP contribution in [0.25, 0.3) is 11.4 Å². The summed E-state index contributed by atoms with van der Waals surface area (Å²) in [4.78, 5) is 8.57. The molecule has 0 fully saturated rings. The number of benzene rings is 1. The van der Waals surface area contributed by atoms with Crippen LogP contribution in [0, 0.1) is 0 Å². The average Bonchev–Trinajstić information content (AvgIpc) is 2.40. The van der Waals surface area contributed by atoms with Crippen LogP contribution in [0.1, 0.15) is 25.3 Å². The molecular weight excluding hydrogens is 379 g/mol. The Hall–Kier alpha value is -1.04. The summed E-state index contributed by atoms with van der Waals surface area (Å²) < 4.78 is 5.58. The molecule has 0 spiro atoms. The molecule has 21 heavy (non-hydrogen) atoms. The third-order valence-electron chi connectivity index (χ3n) is 2.94. The van der Waals surface area contributed by atoms with Crippen LogP contribution in [0.5, 0.6) is 11.5 Å². The van der Waals surface area contributed by atoms with Gasteiger partial charge >= 0.3 is 0 Å². The molecule has 4 nitrogen and oxygen atoms in total. The molecular formula is C14H13BrCl2N2O2. The third-order valence-corrected chi connectivity index (χ3v) is 4.12. The van der Waals surface area contributed by atoms with Crippen LogP contribution in [-0.2, 0) is 0 Å². The highest BCUT2D eigenvalue weighted by atomic mass is 79.9. The maximum atomic E-state index is 9.83. The number of hydrogen-bond acceptors (Lipinski definition) is 4. The van der Waals surface area contributed by atoms with Crippen LogP contribution < -0.4 is 4.74 Å². The van der Waals surface area contributed by atoms with E-state index in [1.54, 1.807) is 12.1 Å². The van der Waals surface area contributed by atoms with Gasteiger partial charge in [0.25, 0.3) is 0 Å². The van der Waals surface area contributed by atoms with Gasteiger partial charge in [0.15, 0.2) is 17.3 Å². The fourth-order valence-electron chi connectivity index (χ4n) is 1.88. The Balaban J connectivity index is 2.60. The summed E-state index contributed by atoms with van der Waals surface area (Å²) in [6, 6.07) is 3.30. The van der Waals surface area contributed by atoms with E-state index in [2.05, 4.69) is 25.9 Å². The molecule has 0 aliphatic heterocycles. The van der Waals surface area contributed by atoms with Crippen LogP contribution in [0.4, 0.5) is 0 Å². The highest BCUT2D eigenvalue weighted by Gasteiger charge is 2.17. The largest absolute Gasteiger partial charge is 0.503 e. The predicted octanol–water partition coefficient (Wildman–Crippen LogP) is 5.05. The van der Waals surface area contributed by atoms with E-state index in [4.69, 9.17) is 27.9 Å². The molecule has 0 unspecified atom stereocenters. The Kier molecular flexibility index (Phi) is 4.96. The second-order valence-corrected chi connectivity index (χ2v) is 6.28. The number of phenolic OH excluding ortho intramolecular Hbond substituents is 1. The molecule has 7 heteroatoms. The van der Waals surface area contributed by atoms with Crippen LogP contribution in [0.3, 0.4) is 0 Å². The maximum absolute atomic E-state index is 9.83. The standard InChI is InChI=1S/C14H13BrCl2N2O2/c1-6(2)10-12(16)18-14(19-13(10)17)7-4-8(15)11(20)9(5-7)21-3/h4-6,20H,1-3H3. The summed E-state index contributed by atoms with van der Waals surface area (Å²) in [5.41, 5.74) is 1.35.